The highest BCUT2D eigenvalue weighted by molar-refractivity contribution is 6.32. The summed E-state index contributed by atoms with van der Waals surface area (Å²) in [7, 11) is 0. The standard InChI is InChI=1S/C21H27ClN2O3/c22-18-8-4-5-9-19(18)27-15-20(25)23-14-16-10-12-24(13-11-16)21(26)17-6-2-1-3-7-17/h1-2,4-5,8-9,16-17H,3,6-7,10-15H2,(H,23,25). The molecule has 6 heteroatoms. The van der Waals surface area contributed by atoms with Gasteiger partial charge in [-0.15, -0.1) is 0 Å². The predicted octanol–water partition coefficient (Wildman–Crippen LogP) is 3.43. The van der Waals surface area contributed by atoms with Gasteiger partial charge in [0.15, 0.2) is 6.61 Å². The Balaban J connectivity index is 1.34. The number of carbonyl (C=O) groups excluding carboxylic acids is 2. The highest BCUT2D eigenvalue weighted by atomic mass is 35.5. The summed E-state index contributed by atoms with van der Waals surface area (Å²) in [5.74, 6) is 1.23. The van der Waals surface area contributed by atoms with Crippen molar-refractivity contribution in [3.8, 4) is 5.75 Å². The maximum atomic E-state index is 12.6. The van der Waals surface area contributed by atoms with E-state index in [4.69, 9.17) is 16.3 Å². The zero-order chi connectivity index (χ0) is 19.1. The lowest BCUT2D eigenvalue weighted by Gasteiger charge is -2.34. The van der Waals surface area contributed by atoms with E-state index in [9.17, 15) is 9.59 Å². The van der Waals surface area contributed by atoms with Crippen LogP contribution in [-0.4, -0.2) is 43.0 Å². The minimum absolute atomic E-state index is 0.0454. The van der Waals surface area contributed by atoms with Crippen molar-refractivity contribution in [3.05, 3.63) is 41.4 Å². The van der Waals surface area contributed by atoms with Gasteiger partial charge in [0.1, 0.15) is 5.75 Å². The molecule has 0 bridgehead atoms. The van der Waals surface area contributed by atoms with Crippen LogP contribution in [0.15, 0.2) is 36.4 Å². The van der Waals surface area contributed by atoms with Crippen LogP contribution in [0.3, 0.4) is 0 Å². The first kappa shape index (κ1) is 19.7. The monoisotopic (exact) mass is 390 g/mol. The van der Waals surface area contributed by atoms with Crippen molar-refractivity contribution in [1.82, 2.24) is 10.2 Å². The molecule has 5 nitrogen and oxygen atoms in total. The SMILES string of the molecule is O=C(COc1ccccc1Cl)NCC1CCN(C(=O)C2CC=CCC2)CC1. The van der Waals surface area contributed by atoms with Crippen molar-refractivity contribution < 1.29 is 14.3 Å². The average molecular weight is 391 g/mol. The first-order chi connectivity index (χ1) is 13.1. The first-order valence-electron chi connectivity index (χ1n) is 9.71. The van der Waals surface area contributed by atoms with Crippen LogP contribution in [-0.2, 0) is 9.59 Å². The largest absolute Gasteiger partial charge is 0.482 e. The number of allylic oxidation sites excluding steroid dienone is 2. The van der Waals surface area contributed by atoms with Gasteiger partial charge in [0, 0.05) is 25.6 Å². The highest BCUT2D eigenvalue weighted by Gasteiger charge is 2.28. The molecular formula is C21H27ClN2O3. The number of hydrogen-bond acceptors (Lipinski definition) is 3. The normalized spacial score (nSPS) is 20.3. The molecule has 1 unspecified atom stereocenters. The molecular weight excluding hydrogens is 364 g/mol. The molecule has 0 spiro atoms. The van der Waals surface area contributed by atoms with Gasteiger partial charge in [-0.05, 0) is 50.2 Å². The molecule has 146 valence electrons. The fourth-order valence-electron chi connectivity index (χ4n) is 3.65. The molecule has 1 heterocycles. The van der Waals surface area contributed by atoms with Crippen LogP contribution in [0.4, 0.5) is 0 Å². The Hall–Kier alpha value is -2.01. The summed E-state index contributed by atoms with van der Waals surface area (Å²) in [5.41, 5.74) is 0. The number of amides is 2. The Morgan fingerprint density at radius 3 is 2.63 bits per heavy atom. The van der Waals surface area contributed by atoms with Gasteiger partial charge in [0.25, 0.3) is 5.91 Å². The van der Waals surface area contributed by atoms with Crippen molar-refractivity contribution in [2.45, 2.75) is 32.1 Å². The second-order valence-electron chi connectivity index (χ2n) is 7.27. The van der Waals surface area contributed by atoms with Gasteiger partial charge in [0.05, 0.1) is 5.02 Å². The Morgan fingerprint density at radius 2 is 1.93 bits per heavy atom. The molecule has 1 saturated heterocycles. The number of halogens is 1. The molecule has 1 aliphatic carbocycles. The van der Waals surface area contributed by atoms with E-state index in [2.05, 4.69) is 17.5 Å². The van der Waals surface area contributed by atoms with Crippen molar-refractivity contribution >= 4 is 23.4 Å². The van der Waals surface area contributed by atoms with Gasteiger partial charge in [-0.25, -0.2) is 0 Å². The molecule has 1 fully saturated rings. The number of para-hydroxylation sites is 1. The highest BCUT2D eigenvalue weighted by Crippen LogP contribution is 2.25. The number of benzene rings is 1. The van der Waals surface area contributed by atoms with Crippen LogP contribution < -0.4 is 10.1 Å². The quantitative estimate of drug-likeness (QED) is 0.757. The number of likely N-dealkylation sites (tertiary alicyclic amines) is 1. The molecule has 1 atom stereocenters. The lowest BCUT2D eigenvalue weighted by molar-refractivity contribution is -0.137. The second-order valence-corrected chi connectivity index (χ2v) is 7.68. The summed E-state index contributed by atoms with van der Waals surface area (Å²) in [4.78, 5) is 26.6. The maximum Gasteiger partial charge on any atom is 0.257 e. The van der Waals surface area contributed by atoms with E-state index in [-0.39, 0.29) is 18.4 Å². The molecule has 27 heavy (non-hydrogen) atoms. The average Bonchev–Trinajstić information content (AvgIpc) is 2.72. The summed E-state index contributed by atoms with van der Waals surface area (Å²) < 4.78 is 5.45. The minimum Gasteiger partial charge on any atom is -0.482 e. The van der Waals surface area contributed by atoms with Crippen molar-refractivity contribution in [3.63, 3.8) is 0 Å². The first-order valence-corrected chi connectivity index (χ1v) is 10.1. The van der Waals surface area contributed by atoms with Gasteiger partial charge in [-0.3, -0.25) is 9.59 Å². The van der Waals surface area contributed by atoms with Crippen LogP contribution in [0.1, 0.15) is 32.1 Å². The van der Waals surface area contributed by atoms with Gasteiger partial charge in [-0.2, -0.15) is 0 Å². The van der Waals surface area contributed by atoms with Crippen LogP contribution in [0.5, 0.6) is 5.75 Å². The third-order valence-electron chi connectivity index (χ3n) is 5.33. The van der Waals surface area contributed by atoms with E-state index in [1.54, 1.807) is 12.1 Å². The molecule has 2 amide bonds. The smallest absolute Gasteiger partial charge is 0.257 e. The minimum atomic E-state index is -0.151. The fraction of sp³-hybridized carbons (Fsp3) is 0.524. The Labute approximate surface area is 165 Å². The van der Waals surface area contributed by atoms with Crippen LogP contribution in [0.2, 0.25) is 5.02 Å². The van der Waals surface area contributed by atoms with Crippen molar-refractivity contribution in [2.75, 3.05) is 26.2 Å². The van der Waals surface area contributed by atoms with Gasteiger partial charge in [0.2, 0.25) is 5.91 Å². The summed E-state index contributed by atoms with van der Waals surface area (Å²) >= 11 is 6.01. The number of carbonyl (C=O) groups is 2. The maximum absolute atomic E-state index is 12.6. The third-order valence-corrected chi connectivity index (χ3v) is 5.64. The van der Waals surface area contributed by atoms with E-state index in [1.807, 2.05) is 17.0 Å². The molecule has 3 rings (SSSR count). The Bertz CT molecular complexity index is 684. The molecule has 2 aliphatic rings. The van der Waals surface area contributed by atoms with E-state index in [1.165, 1.54) is 0 Å². The Morgan fingerprint density at radius 1 is 1.15 bits per heavy atom. The second kappa shape index (κ2) is 9.79. The van der Waals surface area contributed by atoms with E-state index in [0.29, 0.717) is 29.1 Å². The molecule has 1 aromatic carbocycles. The van der Waals surface area contributed by atoms with Gasteiger partial charge >= 0.3 is 0 Å². The summed E-state index contributed by atoms with van der Waals surface area (Å²) in [6, 6.07) is 7.10. The van der Waals surface area contributed by atoms with Gasteiger partial charge in [-0.1, -0.05) is 35.9 Å². The summed E-state index contributed by atoms with van der Waals surface area (Å²) in [5, 5.41) is 3.43. The zero-order valence-electron chi connectivity index (χ0n) is 15.5. The van der Waals surface area contributed by atoms with E-state index < -0.39 is 0 Å². The van der Waals surface area contributed by atoms with E-state index >= 15 is 0 Å². The molecule has 1 N–H and O–H groups in total. The summed E-state index contributed by atoms with van der Waals surface area (Å²) in [6.07, 6.45) is 9.00. The third kappa shape index (κ3) is 5.73. The summed E-state index contributed by atoms with van der Waals surface area (Å²) in [6.45, 7) is 2.15. The topological polar surface area (TPSA) is 58.6 Å². The van der Waals surface area contributed by atoms with Crippen LogP contribution >= 0.6 is 11.6 Å². The zero-order valence-corrected chi connectivity index (χ0v) is 16.3. The number of ether oxygens (including phenoxy) is 1. The van der Waals surface area contributed by atoms with Crippen molar-refractivity contribution in [2.24, 2.45) is 11.8 Å². The Kier molecular flexibility index (Phi) is 7.16. The van der Waals surface area contributed by atoms with Crippen LogP contribution in [0, 0.1) is 11.8 Å². The number of nitrogens with one attached hydrogen (secondary N) is 1. The number of hydrogen-bond donors (Lipinski definition) is 1. The number of nitrogens with zero attached hydrogens (tertiary/aromatic N) is 1. The molecule has 0 radical (unpaired) electrons. The predicted molar refractivity (Wildman–Crippen MR) is 106 cm³/mol. The number of piperidine rings is 1. The molecule has 0 saturated carbocycles. The number of rotatable bonds is 6. The van der Waals surface area contributed by atoms with Crippen LogP contribution in [0.25, 0.3) is 0 Å². The lowest BCUT2D eigenvalue weighted by atomic mass is 9.91. The van der Waals surface area contributed by atoms with Crippen molar-refractivity contribution in [1.29, 1.82) is 0 Å². The lowest BCUT2D eigenvalue weighted by Crippen LogP contribution is -2.44. The fourth-order valence-corrected chi connectivity index (χ4v) is 3.84. The molecule has 1 aromatic rings. The van der Waals surface area contributed by atoms with Gasteiger partial charge < -0.3 is 15.0 Å². The van der Waals surface area contributed by atoms with E-state index in [0.717, 1.165) is 45.2 Å². The molecule has 1 aliphatic heterocycles. The molecule has 0 aromatic heterocycles.